The highest BCUT2D eigenvalue weighted by atomic mass is 79.9. The fourth-order valence-electron chi connectivity index (χ4n) is 0.487. The van der Waals surface area contributed by atoms with Crippen molar-refractivity contribution in [2.24, 2.45) is 0 Å². The molecular formula is C5H7BrN2O. The average molecular weight is 191 g/mol. The molecule has 3 nitrogen and oxygen atoms in total. The molecule has 0 aliphatic carbocycles. The van der Waals surface area contributed by atoms with E-state index in [2.05, 4.69) is 21.0 Å². The van der Waals surface area contributed by atoms with Crippen molar-refractivity contribution in [2.75, 3.05) is 6.61 Å². The Balaban J connectivity index is 2.61. The zero-order valence-corrected chi connectivity index (χ0v) is 6.63. The van der Waals surface area contributed by atoms with E-state index in [0.717, 1.165) is 4.47 Å². The molecule has 4 heteroatoms. The van der Waals surface area contributed by atoms with Gasteiger partial charge in [0.15, 0.2) is 0 Å². The normalized spacial score (nSPS) is 9.56. The second-order valence-corrected chi connectivity index (χ2v) is 2.39. The largest absolute Gasteiger partial charge is 0.397 e. The molecule has 0 amide bonds. The fourth-order valence-corrected chi connectivity index (χ4v) is 0.754. The Morgan fingerprint density at radius 1 is 1.89 bits per heavy atom. The maximum atomic E-state index is 5.00. The molecule has 0 atom stereocenters. The topological polar surface area (TPSA) is 27.1 Å². The summed E-state index contributed by atoms with van der Waals surface area (Å²) in [6.07, 6.45) is 3.43. The summed E-state index contributed by atoms with van der Waals surface area (Å²) in [5.41, 5.74) is 0. The van der Waals surface area contributed by atoms with E-state index in [0.29, 0.717) is 6.61 Å². The van der Waals surface area contributed by atoms with Gasteiger partial charge in [-0.05, 0) is 22.9 Å². The quantitative estimate of drug-likeness (QED) is 0.699. The molecule has 0 aliphatic heterocycles. The molecule has 0 aliphatic rings. The van der Waals surface area contributed by atoms with E-state index < -0.39 is 0 Å². The third-order valence-electron chi connectivity index (χ3n) is 0.790. The smallest absolute Gasteiger partial charge is 0.114 e. The van der Waals surface area contributed by atoms with E-state index in [1.165, 1.54) is 4.85 Å². The molecule has 1 heterocycles. The van der Waals surface area contributed by atoms with Crippen molar-refractivity contribution in [3.8, 4) is 0 Å². The lowest BCUT2D eigenvalue weighted by atomic mass is 10.8. The van der Waals surface area contributed by atoms with E-state index in [-0.39, 0.29) is 0 Å². The number of hydrogen-bond acceptors (Lipinski definition) is 2. The molecule has 1 rings (SSSR count). The van der Waals surface area contributed by atoms with Gasteiger partial charge < -0.3 is 4.84 Å². The van der Waals surface area contributed by atoms with Crippen LogP contribution >= 0.6 is 15.9 Å². The Bertz CT molecular complexity index is 187. The molecule has 0 unspecified atom stereocenters. The first-order chi connectivity index (χ1) is 4.33. The van der Waals surface area contributed by atoms with Crippen molar-refractivity contribution in [3.05, 3.63) is 16.9 Å². The number of rotatable bonds is 2. The predicted octanol–water partition coefficient (Wildman–Crippen LogP) is 1.09. The molecule has 9 heavy (non-hydrogen) atoms. The highest BCUT2D eigenvalue weighted by Gasteiger charge is 1.90. The molecule has 0 saturated carbocycles. The lowest BCUT2D eigenvalue weighted by Crippen LogP contribution is -2.10. The Kier molecular flexibility index (Phi) is 2.10. The van der Waals surface area contributed by atoms with Crippen molar-refractivity contribution in [1.29, 1.82) is 0 Å². The predicted molar refractivity (Wildman–Crippen MR) is 37.0 cm³/mol. The van der Waals surface area contributed by atoms with Crippen LogP contribution in [0.4, 0.5) is 0 Å². The van der Waals surface area contributed by atoms with Gasteiger partial charge >= 0.3 is 0 Å². The van der Waals surface area contributed by atoms with E-state index in [1.807, 2.05) is 6.92 Å². The van der Waals surface area contributed by atoms with Crippen molar-refractivity contribution < 1.29 is 4.84 Å². The van der Waals surface area contributed by atoms with Crippen LogP contribution in [-0.4, -0.2) is 16.6 Å². The monoisotopic (exact) mass is 190 g/mol. The van der Waals surface area contributed by atoms with Gasteiger partial charge in [0.2, 0.25) is 0 Å². The van der Waals surface area contributed by atoms with Crippen LogP contribution in [0.15, 0.2) is 16.9 Å². The van der Waals surface area contributed by atoms with Gasteiger partial charge in [0.25, 0.3) is 0 Å². The lowest BCUT2D eigenvalue weighted by Gasteiger charge is -1.97. The van der Waals surface area contributed by atoms with Crippen LogP contribution in [0, 0.1) is 0 Å². The molecule has 0 bridgehead atoms. The summed E-state index contributed by atoms with van der Waals surface area (Å²) in [6.45, 7) is 2.55. The van der Waals surface area contributed by atoms with Crippen molar-refractivity contribution in [2.45, 2.75) is 6.92 Å². The maximum absolute atomic E-state index is 5.00. The fraction of sp³-hybridized carbons (Fsp3) is 0.400. The lowest BCUT2D eigenvalue weighted by molar-refractivity contribution is 0.0926. The van der Waals surface area contributed by atoms with E-state index in [1.54, 1.807) is 12.4 Å². The molecular weight excluding hydrogens is 184 g/mol. The van der Waals surface area contributed by atoms with Gasteiger partial charge in [-0.2, -0.15) is 0 Å². The van der Waals surface area contributed by atoms with Gasteiger partial charge in [0.05, 0.1) is 16.9 Å². The van der Waals surface area contributed by atoms with E-state index in [4.69, 9.17) is 4.84 Å². The Labute approximate surface area is 61.7 Å². The van der Waals surface area contributed by atoms with Crippen molar-refractivity contribution >= 4 is 15.9 Å². The molecule has 0 saturated heterocycles. The summed E-state index contributed by atoms with van der Waals surface area (Å²) < 4.78 is 0.927. The summed E-state index contributed by atoms with van der Waals surface area (Å²) in [4.78, 5) is 6.42. The number of hydrogen-bond donors (Lipinski definition) is 0. The highest BCUT2D eigenvalue weighted by molar-refractivity contribution is 9.10. The zero-order chi connectivity index (χ0) is 6.69. The summed E-state index contributed by atoms with van der Waals surface area (Å²) in [6, 6.07) is 0. The second kappa shape index (κ2) is 2.87. The molecule has 1 aromatic rings. The molecule has 0 radical (unpaired) electrons. The standard InChI is InChI=1S/C5H7BrN2O/c1-2-9-8-4-5(6)3-7-8/h3-4H,2H2,1H3. The number of nitrogens with zero attached hydrogens (tertiary/aromatic N) is 2. The van der Waals surface area contributed by atoms with Gasteiger partial charge in [-0.1, -0.05) is 0 Å². The first kappa shape index (κ1) is 6.61. The minimum atomic E-state index is 0.633. The van der Waals surface area contributed by atoms with Crippen LogP contribution in [0.3, 0.4) is 0 Å². The van der Waals surface area contributed by atoms with Crippen LogP contribution in [0.25, 0.3) is 0 Å². The van der Waals surface area contributed by atoms with Crippen LogP contribution in [0.5, 0.6) is 0 Å². The maximum Gasteiger partial charge on any atom is 0.114 e. The zero-order valence-electron chi connectivity index (χ0n) is 5.04. The van der Waals surface area contributed by atoms with Gasteiger partial charge in [0.1, 0.15) is 6.61 Å². The SMILES string of the molecule is CCOn1cc(Br)cn1. The Hall–Kier alpha value is -0.510. The van der Waals surface area contributed by atoms with Crippen LogP contribution in [0.2, 0.25) is 0 Å². The summed E-state index contributed by atoms with van der Waals surface area (Å²) >= 11 is 3.24. The van der Waals surface area contributed by atoms with Gasteiger partial charge in [-0.3, -0.25) is 0 Å². The molecule has 50 valence electrons. The average Bonchev–Trinajstić information content (AvgIpc) is 2.17. The van der Waals surface area contributed by atoms with E-state index >= 15 is 0 Å². The van der Waals surface area contributed by atoms with Gasteiger partial charge in [-0.15, -0.1) is 9.94 Å². The van der Waals surface area contributed by atoms with Gasteiger partial charge in [-0.25, -0.2) is 0 Å². The van der Waals surface area contributed by atoms with Crippen LogP contribution in [-0.2, 0) is 0 Å². The summed E-state index contributed by atoms with van der Waals surface area (Å²) in [7, 11) is 0. The third-order valence-corrected chi connectivity index (χ3v) is 1.20. The number of aromatic nitrogens is 2. The van der Waals surface area contributed by atoms with Crippen LogP contribution in [0.1, 0.15) is 6.92 Å². The highest BCUT2D eigenvalue weighted by Crippen LogP contribution is 2.04. The van der Waals surface area contributed by atoms with Gasteiger partial charge in [0, 0.05) is 0 Å². The first-order valence-electron chi connectivity index (χ1n) is 2.66. The molecule has 0 fully saturated rings. The second-order valence-electron chi connectivity index (χ2n) is 1.48. The minimum absolute atomic E-state index is 0.633. The summed E-state index contributed by atoms with van der Waals surface area (Å²) in [5.74, 6) is 0. The Morgan fingerprint density at radius 3 is 3.11 bits per heavy atom. The molecule has 1 aromatic heterocycles. The molecule has 0 aromatic carbocycles. The molecule has 0 spiro atoms. The first-order valence-corrected chi connectivity index (χ1v) is 3.45. The van der Waals surface area contributed by atoms with Crippen molar-refractivity contribution in [1.82, 2.24) is 9.94 Å². The Morgan fingerprint density at radius 2 is 2.67 bits per heavy atom. The third kappa shape index (κ3) is 1.71. The van der Waals surface area contributed by atoms with Crippen LogP contribution < -0.4 is 4.84 Å². The van der Waals surface area contributed by atoms with E-state index in [9.17, 15) is 0 Å². The minimum Gasteiger partial charge on any atom is -0.397 e. The number of halogens is 1. The molecule has 0 N–H and O–H groups in total. The summed E-state index contributed by atoms with van der Waals surface area (Å²) in [5, 5.41) is 3.85. The van der Waals surface area contributed by atoms with Crippen molar-refractivity contribution in [3.63, 3.8) is 0 Å².